The van der Waals surface area contributed by atoms with Gasteiger partial charge in [-0.05, 0) is 46.5 Å². The molecule has 0 aliphatic heterocycles. The van der Waals surface area contributed by atoms with E-state index in [2.05, 4.69) is 76.3 Å². The first-order valence-electron chi connectivity index (χ1n) is 8.84. The van der Waals surface area contributed by atoms with Crippen molar-refractivity contribution in [2.45, 2.75) is 46.5 Å². The summed E-state index contributed by atoms with van der Waals surface area (Å²) < 4.78 is 12.8. The first-order valence-corrected chi connectivity index (χ1v) is 11.9. The minimum absolute atomic E-state index is 0.487. The number of hydrogen-bond acceptors (Lipinski definition) is 4. The van der Waals surface area contributed by atoms with Crippen LogP contribution in [0, 0.1) is 0 Å². The standard InChI is InChI=1S/C19H33I2NO3/c1-17(5-4-6-18(2)9-10-20)7-8-19(3)22-25-16-15-24-14-13-23-12-11-21/h5,9H,4,6-8,10-16H2,1-3H3/b17-5+,18-9+,22-19+. The van der Waals surface area contributed by atoms with Crippen molar-refractivity contribution < 1.29 is 14.3 Å². The van der Waals surface area contributed by atoms with E-state index in [4.69, 9.17) is 14.3 Å². The molecule has 0 aliphatic carbocycles. The minimum Gasteiger partial charge on any atom is -0.393 e. The van der Waals surface area contributed by atoms with Crippen molar-refractivity contribution >= 4 is 50.9 Å². The molecule has 146 valence electrons. The van der Waals surface area contributed by atoms with Crippen molar-refractivity contribution in [3.63, 3.8) is 0 Å². The molecule has 0 amide bonds. The van der Waals surface area contributed by atoms with Gasteiger partial charge >= 0.3 is 0 Å². The first-order chi connectivity index (χ1) is 12.1. The third-order valence-corrected chi connectivity index (χ3v) is 4.35. The van der Waals surface area contributed by atoms with Gasteiger partial charge < -0.3 is 14.3 Å². The van der Waals surface area contributed by atoms with Gasteiger partial charge in [-0.1, -0.05) is 73.6 Å². The molecule has 0 radical (unpaired) electrons. The Morgan fingerprint density at radius 2 is 1.44 bits per heavy atom. The van der Waals surface area contributed by atoms with Gasteiger partial charge in [-0.25, -0.2) is 0 Å². The lowest BCUT2D eigenvalue weighted by Gasteiger charge is -2.05. The van der Waals surface area contributed by atoms with E-state index in [1.165, 1.54) is 11.1 Å². The van der Waals surface area contributed by atoms with E-state index < -0.39 is 0 Å². The molecule has 0 atom stereocenters. The molecule has 0 aromatic rings. The number of halogens is 2. The maximum atomic E-state index is 5.41. The summed E-state index contributed by atoms with van der Waals surface area (Å²) in [4.78, 5) is 5.29. The second-order valence-electron chi connectivity index (χ2n) is 5.87. The van der Waals surface area contributed by atoms with Gasteiger partial charge in [0.1, 0.15) is 6.61 Å². The van der Waals surface area contributed by atoms with E-state index >= 15 is 0 Å². The average molecular weight is 577 g/mol. The van der Waals surface area contributed by atoms with Crippen molar-refractivity contribution in [3.8, 4) is 0 Å². The molecule has 0 aromatic heterocycles. The number of alkyl halides is 2. The zero-order valence-electron chi connectivity index (χ0n) is 15.9. The molecule has 0 rings (SSSR count). The molecule has 0 fully saturated rings. The Bertz CT molecular complexity index is 409. The molecule has 0 saturated heterocycles. The molecule has 4 nitrogen and oxygen atoms in total. The summed E-state index contributed by atoms with van der Waals surface area (Å²) in [5, 5.41) is 4.14. The maximum Gasteiger partial charge on any atom is 0.140 e. The van der Waals surface area contributed by atoms with E-state index in [0.717, 1.165) is 46.9 Å². The van der Waals surface area contributed by atoms with Gasteiger partial charge in [-0.15, -0.1) is 0 Å². The zero-order chi connectivity index (χ0) is 18.8. The summed E-state index contributed by atoms with van der Waals surface area (Å²) in [6, 6.07) is 0. The molecular formula is C19H33I2NO3. The molecule has 0 bridgehead atoms. The Morgan fingerprint density at radius 3 is 2.12 bits per heavy atom. The van der Waals surface area contributed by atoms with E-state index in [-0.39, 0.29) is 0 Å². The zero-order valence-corrected chi connectivity index (χ0v) is 20.2. The van der Waals surface area contributed by atoms with Crippen LogP contribution in [0.1, 0.15) is 46.5 Å². The van der Waals surface area contributed by atoms with Crippen molar-refractivity contribution in [1.82, 2.24) is 0 Å². The number of nitrogens with zero attached hydrogens (tertiary/aromatic N) is 1. The number of hydrogen-bond donors (Lipinski definition) is 0. The lowest BCUT2D eigenvalue weighted by atomic mass is 10.1. The summed E-state index contributed by atoms with van der Waals surface area (Å²) >= 11 is 4.67. The Hall–Kier alpha value is 0.330. The van der Waals surface area contributed by atoms with E-state index in [0.29, 0.717) is 26.4 Å². The fourth-order valence-electron chi connectivity index (χ4n) is 1.93. The molecule has 0 saturated carbocycles. The fourth-order valence-corrected chi connectivity index (χ4v) is 3.00. The van der Waals surface area contributed by atoms with Gasteiger partial charge in [0.25, 0.3) is 0 Å². The fraction of sp³-hybridized carbons (Fsp3) is 0.737. The van der Waals surface area contributed by atoms with Gasteiger partial charge in [0, 0.05) is 8.86 Å². The van der Waals surface area contributed by atoms with Crippen LogP contribution in [-0.4, -0.2) is 47.6 Å². The third kappa shape index (κ3) is 18.9. The van der Waals surface area contributed by atoms with E-state index in [9.17, 15) is 0 Å². The number of oxime groups is 1. The quantitative estimate of drug-likeness (QED) is 0.0588. The van der Waals surface area contributed by atoms with Crippen LogP contribution in [0.25, 0.3) is 0 Å². The summed E-state index contributed by atoms with van der Waals surface area (Å²) in [5.41, 5.74) is 3.93. The van der Waals surface area contributed by atoms with Gasteiger partial charge in [0.05, 0.1) is 32.1 Å². The predicted molar refractivity (Wildman–Crippen MR) is 124 cm³/mol. The van der Waals surface area contributed by atoms with Crippen LogP contribution >= 0.6 is 45.2 Å². The van der Waals surface area contributed by atoms with Crippen LogP contribution in [0.3, 0.4) is 0 Å². The summed E-state index contributed by atoms with van der Waals surface area (Å²) in [6.07, 6.45) is 8.89. The highest BCUT2D eigenvalue weighted by Gasteiger charge is 1.97. The SMILES string of the molecule is C/C(=C\CI)CC/C=C(\C)CC/C(C)=N/OCCOCCOCCI. The molecule has 0 aliphatic rings. The second-order valence-corrected chi connectivity index (χ2v) is 7.83. The lowest BCUT2D eigenvalue weighted by molar-refractivity contribution is 0.0189. The Morgan fingerprint density at radius 1 is 0.800 bits per heavy atom. The van der Waals surface area contributed by atoms with E-state index in [1.807, 2.05) is 6.92 Å². The highest BCUT2D eigenvalue weighted by molar-refractivity contribution is 14.1. The molecule has 6 heteroatoms. The predicted octanol–water partition coefficient (Wildman–Crippen LogP) is 5.74. The number of allylic oxidation sites excluding steroid dienone is 4. The normalized spacial score (nSPS) is 13.4. The second kappa shape index (κ2) is 19.1. The van der Waals surface area contributed by atoms with Gasteiger partial charge in [-0.2, -0.15) is 0 Å². The lowest BCUT2D eigenvalue weighted by Crippen LogP contribution is -2.09. The van der Waals surface area contributed by atoms with Crippen LogP contribution in [0.5, 0.6) is 0 Å². The van der Waals surface area contributed by atoms with E-state index in [1.54, 1.807) is 0 Å². The Labute approximate surface area is 181 Å². The van der Waals surface area contributed by atoms with Crippen LogP contribution in [-0.2, 0) is 14.3 Å². The Kier molecular flexibility index (Phi) is 19.4. The monoisotopic (exact) mass is 577 g/mol. The van der Waals surface area contributed by atoms with Crippen LogP contribution < -0.4 is 0 Å². The molecule has 0 N–H and O–H groups in total. The van der Waals surface area contributed by atoms with Crippen molar-refractivity contribution in [2.24, 2.45) is 5.16 Å². The number of rotatable bonds is 16. The summed E-state index contributed by atoms with van der Waals surface area (Å²) in [7, 11) is 0. The smallest absolute Gasteiger partial charge is 0.140 e. The largest absolute Gasteiger partial charge is 0.393 e. The Balaban J connectivity index is 3.67. The number of ether oxygens (including phenoxy) is 2. The molecule has 0 spiro atoms. The van der Waals surface area contributed by atoms with Crippen LogP contribution in [0.4, 0.5) is 0 Å². The van der Waals surface area contributed by atoms with Crippen LogP contribution in [0.2, 0.25) is 0 Å². The van der Waals surface area contributed by atoms with Gasteiger partial charge in [-0.3, -0.25) is 0 Å². The van der Waals surface area contributed by atoms with Crippen molar-refractivity contribution in [1.29, 1.82) is 0 Å². The van der Waals surface area contributed by atoms with Crippen LogP contribution in [0.15, 0.2) is 28.5 Å². The highest BCUT2D eigenvalue weighted by atomic mass is 127. The molecular weight excluding hydrogens is 544 g/mol. The van der Waals surface area contributed by atoms with Gasteiger partial charge in [0.15, 0.2) is 0 Å². The molecule has 0 heterocycles. The van der Waals surface area contributed by atoms with Crippen molar-refractivity contribution in [3.05, 3.63) is 23.3 Å². The average Bonchev–Trinajstić information content (AvgIpc) is 2.58. The summed E-state index contributed by atoms with van der Waals surface area (Å²) in [5.74, 6) is 0. The maximum absolute atomic E-state index is 5.41. The molecule has 0 aromatic carbocycles. The topological polar surface area (TPSA) is 40.0 Å². The minimum atomic E-state index is 0.487. The highest BCUT2D eigenvalue weighted by Crippen LogP contribution is 2.11. The van der Waals surface area contributed by atoms with Crippen molar-refractivity contribution in [2.75, 3.05) is 41.9 Å². The summed E-state index contributed by atoms with van der Waals surface area (Å²) in [6.45, 7) is 9.49. The molecule has 25 heavy (non-hydrogen) atoms. The van der Waals surface area contributed by atoms with Gasteiger partial charge in [0.2, 0.25) is 0 Å². The molecule has 0 unspecified atom stereocenters. The first kappa shape index (κ1) is 25.3. The third-order valence-electron chi connectivity index (χ3n) is 3.47.